The lowest BCUT2D eigenvalue weighted by atomic mass is 10.2. The Morgan fingerprint density at radius 3 is 2.65 bits per heavy atom. The monoisotopic (exact) mass is 364 g/mol. The number of rotatable bonds is 5. The summed E-state index contributed by atoms with van der Waals surface area (Å²) in [7, 11) is -0.313. The first-order valence-corrected chi connectivity index (χ1v) is 10.2. The van der Waals surface area contributed by atoms with Crippen LogP contribution in [0.25, 0.3) is 10.2 Å². The lowest BCUT2D eigenvalue weighted by Crippen LogP contribution is -2.22. The number of hydrogen-bond acceptors (Lipinski definition) is 5. The molecule has 3 rings (SSSR count). The van der Waals surface area contributed by atoms with Gasteiger partial charge in [-0.1, -0.05) is 36.0 Å². The van der Waals surface area contributed by atoms with E-state index in [1.54, 1.807) is 41.3 Å². The van der Waals surface area contributed by atoms with Gasteiger partial charge in [0.05, 0.1) is 15.1 Å². The van der Waals surface area contributed by atoms with E-state index in [1.165, 1.54) is 23.1 Å². The van der Waals surface area contributed by atoms with Crippen molar-refractivity contribution in [2.75, 3.05) is 14.1 Å². The predicted molar refractivity (Wildman–Crippen MR) is 96.5 cm³/mol. The molecule has 4 nitrogen and oxygen atoms in total. The van der Waals surface area contributed by atoms with E-state index >= 15 is 0 Å². The summed E-state index contributed by atoms with van der Waals surface area (Å²) in [5, 5.41) is 0. The van der Waals surface area contributed by atoms with E-state index in [-0.39, 0.29) is 0 Å². The molecule has 0 aliphatic rings. The van der Waals surface area contributed by atoms with E-state index in [1.807, 2.05) is 24.3 Å². The van der Waals surface area contributed by atoms with Crippen LogP contribution in [0.3, 0.4) is 0 Å². The summed E-state index contributed by atoms with van der Waals surface area (Å²) < 4.78 is 27.8. The van der Waals surface area contributed by atoms with Crippen molar-refractivity contribution in [3.63, 3.8) is 0 Å². The van der Waals surface area contributed by atoms with Crippen LogP contribution in [-0.2, 0) is 15.8 Å². The third-order valence-electron chi connectivity index (χ3n) is 3.31. The maximum absolute atomic E-state index is 12.2. The molecule has 3 aromatic rings. The summed E-state index contributed by atoms with van der Waals surface area (Å²) in [4.78, 5) is 4.91. The summed E-state index contributed by atoms with van der Waals surface area (Å²) >= 11 is 3.28. The zero-order valence-corrected chi connectivity index (χ0v) is 15.2. The molecule has 1 aromatic heterocycles. The molecular formula is C16H16N2O2S3. The summed E-state index contributed by atoms with van der Waals surface area (Å²) in [6, 6.07) is 15.1. The summed E-state index contributed by atoms with van der Waals surface area (Å²) in [5.41, 5.74) is 1.97. The SMILES string of the molecule is CN(C)S(=O)(=O)c1cccc(CSc2nc3ccccc3s2)c1. The van der Waals surface area contributed by atoms with Gasteiger partial charge in [0, 0.05) is 19.8 Å². The van der Waals surface area contributed by atoms with E-state index in [0.717, 1.165) is 15.4 Å². The van der Waals surface area contributed by atoms with Crippen molar-refractivity contribution in [2.24, 2.45) is 0 Å². The minimum atomic E-state index is -3.39. The fourth-order valence-corrected chi connectivity index (χ4v) is 5.05. The number of fused-ring (bicyclic) bond motifs is 1. The Labute approximate surface area is 144 Å². The van der Waals surface area contributed by atoms with Crippen LogP contribution in [0.15, 0.2) is 57.8 Å². The minimum absolute atomic E-state index is 0.324. The van der Waals surface area contributed by atoms with Crippen molar-refractivity contribution >= 4 is 43.3 Å². The fraction of sp³-hybridized carbons (Fsp3) is 0.188. The van der Waals surface area contributed by atoms with Crippen LogP contribution in [0.2, 0.25) is 0 Å². The van der Waals surface area contributed by atoms with Gasteiger partial charge in [0.2, 0.25) is 10.0 Å². The molecule has 0 radical (unpaired) electrons. The van der Waals surface area contributed by atoms with Crippen molar-refractivity contribution in [3.05, 3.63) is 54.1 Å². The van der Waals surface area contributed by atoms with Gasteiger partial charge in [0.1, 0.15) is 0 Å². The van der Waals surface area contributed by atoms with E-state index in [9.17, 15) is 8.42 Å². The first-order valence-electron chi connectivity index (χ1n) is 6.96. The number of hydrogen-bond donors (Lipinski definition) is 0. The van der Waals surface area contributed by atoms with Gasteiger partial charge in [-0.2, -0.15) is 0 Å². The van der Waals surface area contributed by atoms with Crippen LogP contribution in [0, 0.1) is 0 Å². The van der Waals surface area contributed by atoms with Gasteiger partial charge in [-0.25, -0.2) is 17.7 Å². The molecule has 0 atom stereocenters. The van der Waals surface area contributed by atoms with Crippen LogP contribution in [0.5, 0.6) is 0 Å². The number of thiazole rings is 1. The van der Waals surface area contributed by atoms with Crippen molar-refractivity contribution < 1.29 is 8.42 Å². The Morgan fingerprint density at radius 1 is 1.13 bits per heavy atom. The zero-order valence-electron chi connectivity index (χ0n) is 12.8. The van der Waals surface area contributed by atoms with Crippen molar-refractivity contribution in [2.45, 2.75) is 15.0 Å². The number of para-hydroxylation sites is 1. The maximum atomic E-state index is 12.2. The molecule has 0 N–H and O–H groups in total. The summed E-state index contributed by atoms with van der Waals surface area (Å²) in [6.45, 7) is 0. The van der Waals surface area contributed by atoms with Gasteiger partial charge < -0.3 is 0 Å². The Hall–Kier alpha value is -1.41. The van der Waals surface area contributed by atoms with E-state index < -0.39 is 10.0 Å². The zero-order chi connectivity index (χ0) is 16.4. The van der Waals surface area contributed by atoms with E-state index in [0.29, 0.717) is 10.6 Å². The lowest BCUT2D eigenvalue weighted by Gasteiger charge is -2.12. The van der Waals surface area contributed by atoms with Crippen LogP contribution >= 0.6 is 23.1 Å². The molecule has 0 saturated carbocycles. The number of aromatic nitrogens is 1. The Kier molecular flexibility index (Phi) is 4.72. The topological polar surface area (TPSA) is 50.3 Å². The van der Waals surface area contributed by atoms with Crippen molar-refractivity contribution in [1.29, 1.82) is 0 Å². The highest BCUT2D eigenvalue weighted by Crippen LogP contribution is 2.31. The summed E-state index contributed by atoms with van der Waals surface area (Å²) in [5.74, 6) is 0.691. The molecule has 0 amide bonds. The number of benzene rings is 2. The normalized spacial score (nSPS) is 12.1. The maximum Gasteiger partial charge on any atom is 0.242 e. The third-order valence-corrected chi connectivity index (χ3v) is 7.38. The van der Waals surface area contributed by atoms with Crippen LogP contribution in [0.4, 0.5) is 0 Å². The number of sulfonamides is 1. The molecule has 0 bridgehead atoms. The molecule has 0 fully saturated rings. The van der Waals surface area contributed by atoms with Crippen molar-refractivity contribution in [3.8, 4) is 0 Å². The molecule has 120 valence electrons. The number of nitrogens with zero attached hydrogens (tertiary/aromatic N) is 2. The summed E-state index contributed by atoms with van der Waals surface area (Å²) in [6.07, 6.45) is 0. The molecular weight excluding hydrogens is 348 g/mol. The standard InChI is InChI=1S/C16H16N2O2S3/c1-18(2)23(19,20)13-7-5-6-12(10-13)11-21-16-17-14-8-3-4-9-15(14)22-16/h3-10H,11H2,1-2H3. The second-order valence-electron chi connectivity index (χ2n) is 5.17. The Morgan fingerprint density at radius 2 is 1.91 bits per heavy atom. The van der Waals surface area contributed by atoms with Gasteiger partial charge in [-0.3, -0.25) is 0 Å². The molecule has 23 heavy (non-hydrogen) atoms. The Balaban J connectivity index is 1.78. The molecule has 0 saturated heterocycles. The molecule has 1 heterocycles. The van der Waals surface area contributed by atoms with Crippen LogP contribution in [0.1, 0.15) is 5.56 Å². The average molecular weight is 365 g/mol. The van der Waals surface area contributed by atoms with Gasteiger partial charge in [0.15, 0.2) is 4.34 Å². The fourth-order valence-electron chi connectivity index (χ4n) is 2.06. The highest BCUT2D eigenvalue weighted by atomic mass is 32.2. The highest BCUT2D eigenvalue weighted by molar-refractivity contribution is 8.00. The molecule has 7 heteroatoms. The predicted octanol–water partition coefficient (Wildman–Crippen LogP) is 3.84. The van der Waals surface area contributed by atoms with Gasteiger partial charge in [0.25, 0.3) is 0 Å². The Bertz CT molecular complexity index is 900. The van der Waals surface area contributed by atoms with E-state index in [4.69, 9.17) is 0 Å². The largest absolute Gasteiger partial charge is 0.242 e. The third kappa shape index (κ3) is 3.58. The molecule has 0 aliphatic heterocycles. The van der Waals surface area contributed by atoms with Crippen LogP contribution < -0.4 is 0 Å². The second-order valence-corrected chi connectivity index (χ2v) is 9.58. The molecule has 0 spiro atoms. The highest BCUT2D eigenvalue weighted by Gasteiger charge is 2.17. The minimum Gasteiger partial charge on any atom is -0.230 e. The number of thioether (sulfide) groups is 1. The van der Waals surface area contributed by atoms with Gasteiger partial charge in [-0.05, 0) is 29.8 Å². The van der Waals surface area contributed by atoms with Gasteiger partial charge >= 0.3 is 0 Å². The first kappa shape index (κ1) is 16.4. The van der Waals surface area contributed by atoms with E-state index in [2.05, 4.69) is 11.1 Å². The van der Waals surface area contributed by atoms with Crippen molar-refractivity contribution in [1.82, 2.24) is 9.29 Å². The molecule has 0 aliphatic carbocycles. The quantitative estimate of drug-likeness (QED) is 0.646. The van der Waals surface area contributed by atoms with Gasteiger partial charge in [-0.15, -0.1) is 11.3 Å². The lowest BCUT2D eigenvalue weighted by molar-refractivity contribution is 0.520. The second kappa shape index (κ2) is 6.60. The molecule has 2 aromatic carbocycles. The first-order chi connectivity index (χ1) is 11.0. The smallest absolute Gasteiger partial charge is 0.230 e. The van der Waals surface area contributed by atoms with Crippen LogP contribution in [-0.4, -0.2) is 31.8 Å². The molecule has 0 unspecified atom stereocenters. The average Bonchev–Trinajstić information content (AvgIpc) is 2.96.